The van der Waals surface area contributed by atoms with Gasteiger partial charge in [0.2, 0.25) is 5.91 Å². The Morgan fingerprint density at radius 1 is 1.25 bits per heavy atom. The zero-order valence-electron chi connectivity index (χ0n) is 15.3. The van der Waals surface area contributed by atoms with E-state index in [4.69, 9.17) is 10.2 Å². The number of nitrogens with zero attached hydrogens (tertiary/aromatic N) is 2. The molecule has 7 nitrogen and oxygen atoms in total. The quantitative estimate of drug-likeness (QED) is 0.538. The zero-order chi connectivity index (χ0) is 19.7. The summed E-state index contributed by atoms with van der Waals surface area (Å²) in [5, 5.41) is 12.2. The number of piperidine rings is 1. The Kier molecular flexibility index (Phi) is 4.83. The third-order valence-corrected chi connectivity index (χ3v) is 5.28. The van der Waals surface area contributed by atoms with Crippen LogP contribution in [0.5, 0.6) is 0 Å². The largest absolute Gasteiger partial charge is 0.442 e. The number of fused-ring (bicyclic) bond motifs is 1. The Bertz CT molecular complexity index is 1030. The number of nitrogens with two attached hydrogens (primary N) is 1. The summed E-state index contributed by atoms with van der Waals surface area (Å²) in [4.78, 5) is 24.8. The van der Waals surface area contributed by atoms with E-state index in [0.717, 1.165) is 35.9 Å². The highest BCUT2D eigenvalue weighted by molar-refractivity contribution is 5.98. The molecule has 2 heterocycles. The average molecular weight is 379 g/mol. The van der Waals surface area contributed by atoms with Gasteiger partial charge in [-0.05, 0) is 42.6 Å². The molecule has 1 saturated heterocycles. The summed E-state index contributed by atoms with van der Waals surface area (Å²) in [5.74, 6) is -0.616. The maximum Gasteiger partial charge on any atom is 0.442 e. The van der Waals surface area contributed by atoms with Crippen molar-refractivity contribution in [1.29, 1.82) is 0 Å². The summed E-state index contributed by atoms with van der Waals surface area (Å²) in [7, 11) is 0. The number of benzene rings is 2. The lowest BCUT2D eigenvalue weighted by Gasteiger charge is -2.31. The first-order chi connectivity index (χ1) is 13.5. The van der Waals surface area contributed by atoms with Crippen molar-refractivity contribution in [3.8, 4) is 11.1 Å². The molecule has 2 N–H and O–H groups in total. The summed E-state index contributed by atoms with van der Waals surface area (Å²) >= 11 is 0. The number of hydrogen-bond donors (Lipinski definition) is 1. The molecule has 1 atom stereocenters. The van der Waals surface area contributed by atoms with Gasteiger partial charge in [0.25, 0.3) is 0 Å². The van der Waals surface area contributed by atoms with Gasteiger partial charge < -0.3 is 10.2 Å². The summed E-state index contributed by atoms with van der Waals surface area (Å²) in [6.07, 6.45) is 1.76. The van der Waals surface area contributed by atoms with Crippen molar-refractivity contribution >= 4 is 22.8 Å². The molecule has 4 rings (SSSR count). The van der Waals surface area contributed by atoms with Gasteiger partial charge in [-0.15, -0.1) is 0 Å². The van der Waals surface area contributed by atoms with Crippen molar-refractivity contribution in [3.05, 3.63) is 64.2 Å². The second kappa shape index (κ2) is 7.44. The summed E-state index contributed by atoms with van der Waals surface area (Å²) < 4.78 is 5.53. The van der Waals surface area contributed by atoms with E-state index in [9.17, 15) is 14.9 Å². The summed E-state index contributed by atoms with van der Waals surface area (Å²) in [6, 6.07) is 14.9. The SMILES string of the molecule is NC(=O)C1CCCN(Cc2ccc3oc([N+](=O)[O-])c(-c4ccccc4)c3c2)C1. The minimum absolute atomic E-state index is 0.118. The first-order valence-corrected chi connectivity index (χ1v) is 9.30. The highest BCUT2D eigenvalue weighted by Crippen LogP contribution is 2.40. The smallest absolute Gasteiger partial charge is 0.400 e. The van der Waals surface area contributed by atoms with E-state index < -0.39 is 4.92 Å². The standard InChI is InChI=1S/C21H21N3O4/c22-20(25)16-7-4-10-23(13-16)12-14-8-9-18-17(11-14)19(21(28-18)24(26)27)15-5-2-1-3-6-15/h1-3,5-6,8-9,11,16H,4,7,10,12-13H2,(H2,22,25). The Morgan fingerprint density at radius 3 is 2.75 bits per heavy atom. The van der Waals surface area contributed by atoms with Gasteiger partial charge in [-0.1, -0.05) is 36.4 Å². The Hall–Kier alpha value is -3.19. The second-order valence-corrected chi connectivity index (χ2v) is 7.21. The van der Waals surface area contributed by atoms with Crippen LogP contribution in [0.1, 0.15) is 18.4 Å². The molecule has 1 aliphatic rings. The highest BCUT2D eigenvalue weighted by Gasteiger charge is 2.27. The van der Waals surface area contributed by atoms with Gasteiger partial charge in [0.05, 0.1) is 5.92 Å². The Morgan fingerprint density at radius 2 is 2.04 bits per heavy atom. The number of nitro groups is 1. The fourth-order valence-electron chi connectivity index (χ4n) is 3.93. The van der Waals surface area contributed by atoms with Crippen molar-refractivity contribution in [1.82, 2.24) is 4.90 Å². The minimum atomic E-state index is -0.482. The molecule has 1 unspecified atom stereocenters. The molecule has 0 saturated carbocycles. The lowest BCUT2D eigenvalue weighted by atomic mass is 9.96. The average Bonchev–Trinajstić information content (AvgIpc) is 3.08. The van der Waals surface area contributed by atoms with Gasteiger partial charge in [-0.25, -0.2) is 0 Å². The van der Waals surface area contributed by atoms with Gasteiger partial charge in [0, 0.05) is 18.5 Å². The van der Waals surface area contributed by atoms with Crippen LogP contribution in [0.2, 0.25) is 0 Å². The fourth-order valence-corrected chi connectivity index (χ4v) is 3.93. The van der Waals surface area contributed by atoms with Crippen molar-refractivity contribution in [2.24, 2.45) is 11.7 Å². The van der Waals surface area contributed by atoms with Crippen molar-refractivity contribution in [3.63, 3.8) is 0 Å². The van der Waals surface area contributed by atoms with Gasteiger partial charge in [-0.2, -0.15) is 0 Å². The molecule has 0 radical (unpaired) electrons. The molecule has 28 heavy (non-hydrogen) atoms. The van der Waals surface area contributed by atoms with E-state index in [1.54, 1.807) is 6.07 Å². The third-order valence-electron chi connectivity index (χ3n) is 5.28. The number of likely N-dealkylation sites (tertiary alicyclic amines) is 1. The molecule has 1 amide bonds. The van der Waals surface area contributed by atoms with Crippen LogP contribution in [0.15, 0.2) is 52.9 Å². The van der Waals surface area contributed by atoms with Crippen LogP contribution < -0.4 is 5.73 Å². The molecule has 7 heteroatoms. The van der Waals surface area contributed by atoms with Gasteiger partial charge >= 0.3 is 5.88 Å². The Labute approximate surface area is 161 Å². The minimum Gasteiger partial charge on any atom is -0.400 e. The normalized spacial score (nSPS) is 17.6. The van der Waals surface area contributed by atoms with E-state index in [2.05, 4.69) is 4.90 Å². The molecule has 3 aromatic rings. The van der Waals surface area contributed by atoms with E-state index in [1.807, 2.05) is 42.5 Å². The molecule has 0 spiro atoms. The predicted octanol–water partition coefficient (Wildman–Crippen LogP) is 3.71. The maximum atomic E-state index is 11.5. The first-order valence-electron chi connectivity index (χ1n) is 9.30. The van der Waals surface area contributed by atoms with Crippen LogP contribution in [0.4, 0.5) is 5.88 Å². The summed E-state index contributed by atoms with van der Waals surface area (Å²) in [5.41, 5.74) is 8.22. The molecule has 1 aliphatic heterocycles. The number of furan rings is 1. The van der Waals surface area contributed by atoms with E-state index >= 15 is 0 Å². The van der Waals surface area contributed by atoms with Crippen molar-refractivity contribution < 1.29 is 14.1 Å². The predicted molar refractivity (Wildman–Crippen MR) is 105 cm³/mol. The molecule has 0 aliphatic carbocycles. The number of hydrogen-bond acceptors (Lipinski definition) is 5. The lowest BCUT2D eigenvalue weighted by molar-refractivity contribution is -0.400. The van der Waals surface area contributed by atoms with E-state index in [-0.39, 0.29) is 17.7 Å². The lowest BCUT2D eigenvalue weighted by Crippen LogP contribution is -2.40. The Balaban J connectivity index is 1.70. The number of primary amides is 1. The second-order valence-electron chi connectivity index (χ2n) is 7.21. The van der Waals surface area contributed by atoms with Crippen LogP contribution in [0.25, 0.3) is 22.1 Å². The number of carbonyl (C=O) groups excluding carboxylic acids is 1. The molecular formula is C21H21N3O4. The zero-order valence-corrected chi connectivity index (χ0v) is 15.3. The number of rotatable bonds is 5. The van der Waals surface area contributed by atoms with Crippen LogP contribution in [-0.2, 0) is 11.3 Å². The molecule has 1 aromatic heterocycles. The number of amides is 1. The van der Waals surface area contributed by atoms with Gasteiger partial charge in [0.1, 0.15) is 16.1 Å². The fraction of sp³-hybridized carbons (Fsp3) is 0.286. The van der Waals surface area contributed by atoms with E-state index in [1.165, 1.54) is 0 Å². The van der Waals surface area contributed by atoms with Crippen LogP contribution >= 0.6 is 0 Å². The third kappa shape index (κ3) is 3.48. The van der Waals surface area contributed by atoms with Crippen LogP contribution in [-0.4, -0.2) is 28.8 Å². The molecular weight excluding hydrogens is 358 g/mol. The molecule has 1 fully saturated rings. The number of carbonyl (C=O) groups is 1. The van der Waals surface area contributed by atoms with Gasteiger partial charge in [-0.3, -0.25) is 19.8 Å². The van der Waals surface area contributed by atoms with E-state index in [0.29, 0.717) is 24.2 Å². The molecule has 0 bridgehead atoms. The first kappa shape index (κ1) is 18.2. The topological polar surface area (TPSA) is 103 Å². The maximum absolute atomic E-state index is 11.5. The van der Waals surface area contributed by atoms with Crippen molar-refractivity contribution in [2.45, 2.75) is 19.4 Å². The van der Waals surface area contributed by atoms with Crippen molar-refractivity contribution in [2.75, 3.05) is 13.1 Å². The van der Waals surface area contributed by atoms with Gasteiger partial charge in [0.15, 0.2) is 0 Å². The van der Waals surface area contributed by atoms with Crippen LogP contribution in [0.3, 0.4) is 0 Å². The summed E-state index contributed by atoms with van der Waals surface area (Å²) in [6.45, 7) is 2.20. The monoisotopic (exact) mass is 379 g/mol. The van der Waals surface area contributed by atoms with Crippen LogP contribution in [0, 0.1) is 16.0 Å². The molecule has 2 aromatic carbocycles. The molecule has 144 valence electrons. The highest BCUT2D eigenvalue weighted by atomic mass is 16.6.